The van der Waals surface area contributed by atoms with Crippen LogP contribution in [-0.2, 0) is 5.41 Å². The highest BCUT2D eigenvalue weighted by atomic mass is 14.8. The average Bonchev–Trinajstić information content (AvgIpc) is 3.69. The third-order valence-corrected chi connectivity index (χ3v) is 11.1. The first-order valence-electron chi connectivity index (χ1n) is 17.6. The minimum atomic E-state index is -0.437. The van der Waals surface area contributed by atoms with E-state index in [1.807, 2.05) is 30.5 Å². The van der Waals surface area contributed by atoms with Crippen LogP contribution >= 0.6 is 0 Å². The molecule has 0 aliphatic heterocycles. The Kier molecular flexibility index (Phi) is 5.91. The van der Waals surface area contributed by atoms with Crippen LogP contribution in [0.15, 0.2) is 182 Å². The quantitative estimate of drug-likeness (QED) is 0.191. The molecule has 7 aromatic carbocycles. The normalized spacial score (nSPS) is 13.3. The van der Waals surface area contributed by atoms with Gasteiger partial charge in [-0.3, -0.25) is 4.98 Å². The van der Waals surface area contributed by atoms with Gasteiger partial charge in [0.2, 0.25) is 0 Å². The van der Waals surface area contributed by atoms with Crippen molar-refractivity contribution in [2.75, 3.05) is 0 Å². The van der Waals surface area contributed by atoms with Crippen LogP contribution in [0.4, 0.5) is 0 Å². The number of aromatic nitrogens is 2. The molecule has 11 rings (SSSR count). The largest absolute Gasteiger partial charge is 0.255 e. The van der Waals surface area contributed by atoms with E-state index in [4.69, 9.17) is 4.98 Å². The number of rotatable bonds is 3. The Hall–Kier alpha value is -6.64. The monoisotopic (exact) mass is 646 g/mol. The lowest BCUT2D eigenvalue weighted by Crippen LogP contribution is -2.26. The van der Waals surface area contributed by atoms with E-state index in [2.05, 4.69) is 157 Å². The minimum absolute atomic E-state index is 0.437. The lowest BCUT2D eigenvalue weighted by molar-refractivity contribution is 0.809. The fourth-order valence-corrected chi connectivity index (χ4v) is 9.12. The molecule has 2 heteroatoms. The van der Waals surface area contributed by atoms with Crippen LogP contribution in [0.5, 0.6) is 0 Å². The fourth-order valence-electron chi connectivity index (χ4n) is 9.12. The van der Waals surface area contributed by atoms with Crippen molar-refractivity contribution in [2.45, 2.75) is 5.41 Å². The zero-order valence-corrected chi connectivity index (χ0v) is 27.7. The van der Waals surface area contributed by atoms with E-state index in [1.165, 1.54) is 71.6 Å². The van der Waals surface area contributed by atoms with Crippen LogP contribution in [0.1, 0.15) is 22.3 Å². The minimum Gasteiger partial charge on any atom is -0.255 e. The summed E-state index contributed by atoms with van der Waals surface area (Å²) in [5.74, 6) is 0. The van der Waals surface area contributed by atoms with Crippen LogP contribution in [0.25, 0.3) is 77.6 Å². The number of benzene rings is 7. The summed E-state index contributed by atoms with van der Waals surface area (Å²) in [5.41, 5.74) is 16.5. The predicted molar refractivity (Wildman–Crippen MR) is 210 cm³/mol. The molecule has 2 aromatic heterocycles. The summed E-state index contributed by atoms with van der Waals surface area (Å²) in [6.45, 7) is 0. The molecule has 0 saturated heterocycles. The van der Waals surface area contributed by atoms with E-state index in [-0.39, 0.29) is 0 Å². The average molecular weight is 647 g/mol. The van der Waals surface area contributed by atoms with Gasteiger partial charge in [0.1, 0.15) is 0 Å². The van der Waals surface area contributed by atoms with Gasteiger partial charge in [-0.25, -0.2) is 4.98 Å². The second-order valence-corrected chi connectivity index (χ2v) is 13.6. The number of nitrogens with zero attached hydrogens (tertiary/aromatic N) is 2. The summed E-state index contributed by atoms with van der Waals surface area (Å²) in [6.07, 6.45) is 1.82. The van der Waals surface area contributed by atoms with Gasteiger partial charge in [0, 0.05) is 11.8 Å². The van der Waals surface area contributed by atoms with Gasteiger partial charge in [0.05, 0.1) is 22.5 Å². The molecule has 0 N–H and O–H groups in total. The molecule has 0 bridgehead atoms. The summed E-state index contributed by atoms with van der Waals surface area (Å²) in [4.78, 5) is 9.64. The van der Waals surface area contributed by atoms with Crippen molar-refractivity contribution in [3.05, 3.63) is 204 Å². The second-order valence-electron chi connectivity index (χ2n) is 13.6. The number of fused-ring (bicyclic) bond motifs is 14. The standard InChI is InChI=1S/C49H30N2/c1-2-14-35-31(12-1)23-27-40-41-28-25-33-30-32(34-13-3-4-17-39(34)44-21-11-22-46(51-44)45-20-9-10-29-50-45)24-26-36(33)48(41)49(47(35)40)42-18-7-5-15-37(42)38-16-6-8-19-43(38)49/h1-30H. The van der Waals surface area contributed by atoms with Gasteiger partial charge in [-0.2, -0.15) is 0 Å². The van der Waals surface area contributed by atoms with Gasteiger partial charge >= 0.3 is 0 Å². The van der Waals surface area contributed by atoms with E-state index >= 15 is 0 Å². The van der Waals surface area contributed by atoms with Crippen molar-refractivity contribution in [3.63, 3.8) is 0 Å². The highest BCUT2D eigenvalue weighted by Gasteiger charge is 2.53. The molecule has 0 unspecified atom stereocenters. The molecule has 0 atom stereocenters. The zero-order valence-electron chi connectivity index (χ0n) is 27.7. The van der Waals surface area contributed by atoms with Crippen molar-refractivity contribution >= 4 is 21.5 Å². The van der Waals surface area contributed by atoms with Gasteiger partial charge in [-0.1, -0.05) is 146 Å². The van der Waals surface area contributed by atoms with E-state index in [9.17, 15) is 0 Å². The van der Waals surface area contributed by atoms with E-state index in [0.29, 0.717) is 0 Å². The van der Waals surface area contributed by atoms with Gasteiger partial charge in [0.15, 0.2) is 0 Å². The van der Waals surface area contributed by atoms with E-state index in [0.717, 1.165) is 28.2 Å². The van der Waals surface area contributed by atoms with Crippen molar-refractivity contribution in [3.8, 4) is 56.0 Å². The molecule has 1 spiro atoms. The van der Waals surface area contributed by atoms with Gasteiger partial charge in [-0.15, -0.1) is 0 Å². The van der Waals surface area contributed by atoms with Crippen molar-refractivity contribution in [2.24, 2.45) is 0 Å². The Balaban J connectivity index is 1.16. The highest BCUT2D eigenvalue weighted by Crippen LogP contribution is 2.65. The van der Waals surface area contributed by atoms with Crippen LogP contribution in [0, 0.1) is 0 Å². The molecule has 2 heterocycles. The van der Waals surface area contributed by atoms with Crippen LogP contribution < -0.4 is 0 Å². The molecule has 2 aliphatic carbocycles. The third kappa shape index (κ3) is 3.87. The van der Waals surface area contributed by atoms with Crippen molar-refractivity contribution in [1.29, 1.82) is 0 Å². The van der Waals surface area contributed by atoms with E-state index in [1.54, 1.807) is 0 Å². The lowest BCUT2D eigenvalue weighted by Gasteiger charge is -2.32. The molecular formula is C49H30N2. The van der Waals surface area contributed by atoms with Crippen molar-refractivity contribution in [1.82, 2.24) is 9.97 Å². The molecule has 2 nitrogen and oxygen atoms in total. The fraction of sp³-hybridized carbons (Fsp3) is 0.0204. The van der Waals surface area contributed by atoms with Gasteiger partial charge < -0.3 is 0 Å². The summed E-state index contributed by atoms with van der Waals surface area (Å²) < 4.78 is 0. The summed E-state index contributed by atoms with van der Waals surface area (Å²) >= 11 is 0. The van der Waals surface area contributed by atoms with Gasteiger partial charge in [0.25, 0.3) is 0 Å². The molecule has 2 aliphatic rings. The molecule has 0 amide bonds. The maximum atomic E-state index is 5.09. The lowest BCUT2D eigenvalue weighted by atomic mass is 9.68. The first-order valence-corrected chi connectivity index (χ1v) is 17.6. The Morgan fingerprint density at radius 3 is 1.69 bits per heavy atom. The molecule has 51 heavy (non-hydrogen) atoms. The molecule has 0 fully saturated rings. The third-order valence-electron chi connectivity index (χ3n) is 11.1. The summed E-state index contributed by atoms with van der Waals surface area (Å²) in [5, 5.41) is 5.11. The Morgan fingerprint density at radius 1 is 0.353 bits per heavy atom. The summed E-state index contributed by atoms with van der Waals surface area (Å²) in [6, 6.07) is 64.2. The van der Waals surface area contributed by atoms with Gasteiger partial charge in [-0.05, 0) is 108 Å². The van der Waals surface area contributed by atoms with Crippen molar-refractivity contribution < 1.29 is 0 Å². The van der Waals surface area contributed by atoms with Crippen LogP contribution in [0.3, 0.4) is 0 Å². The molecular weight excluding hydrogens is 617 g/mol. The molecule has 236 valence electrons. The topological polar surface area (TPSA) is 25.8 Å². The number of pyridine rings is 2. The van der Waals surface area contributed by atoms with Crippen LogP contribution in [-0.4, -0.2) is 9.97 Å². The zero-order chi connectivity index (χ0) is 33.5. The highest BCUT2D eigenvalue weighted by molar-refractivity contribution is 6.09. The smallest absolute Gasteiger partial charge is 0.0893 e. The Morgan fingerprint density at radius 2 is 0.941 bits per heavy atom. The Labute approximate surface area is 296 Å². The first kappa shape index (κ1) is 28.2. The maximum Gasteiger partial charge on any atom is 0.0893 e. The van der Waals surface area contributed by atoms with E-state index < -0.39 is 5.41 Å². The maximum absolute atomic E-state index is 5.09. The molecule has 0 radical (unpaired) electrons. The number of hydrogen-bond acceptors (Lipinski definition) is 2. The number of hydrogen-bond donors (Lipinski definition) is 0. The Bertz CT molecular complexity index is 2820. The second kappa shape index (κ2) is 10.7. The van der Waals surface area contributed by atoms with Crippen LogP contribution in [0.2, 0.25) is 0 Å². The summed E-state index contributed by atoms with van der Waals surface area (Å²) in [7, 11) is 0. The SMILES string of the molecule is c1ccc(-c2cccc(-c3ccccc3-c3ccc4c5c(ccc4c3)-c3ccc4ccccc4c3C53c4ccccc4-c4ccccc43)n2)nc1. The first-order chi connectivity index (χ1) is 25.3. The predicted octanol–water partition coefficient (Wildman–Crippen LogP) is 12.1. The molecule has 0 saturated carbocycles. The molecule has 9 aromatic rings.